The van der Waals surface area contributed by atoms with Crippen LogP contribution in [0.15, 0.2) is 31.4 Å². The van der Waals surface area contributed by atoms with Gasteiger partial charge in [-0.3, -0.25) is 0 Å². The summed E-state index contributed by atoms with van der Waals surface area (Å²) in [5.41, 5.74) is 0. The first kappa shape index (κ1) is 8.56. The van der Waals surface area contributed by atoms with Crippen LogP contribution >= 0.6 is 46.0 Å². The van der Waals surface area contributed by atoms with E-state index in [1.165, 1.54) is 4.21 Å². The number of thiazole rings is 1. The van der Waals surface area contributed by atoms with Crippen molar-refractivity contribution < 1.29 is 0 Å². The highest BCUT2D eigenvalue weighted by molar-refractivity contribution is 8.02. The summed E-state index contributed by atoms with van der Waals surface area (Å²) in [6.07, 6.45) is 0. The lowest BCUT2D eigenvalue weighted by molar-refractivity contribution is 1.25. The number of thiophene rings is 1. The van der Waals surface area contributed by atoms with Crippen LogP contribution in [0.5, 0.6) is 0 Å². The zero-order valence-electron chi connectivity index (χ0n) is 5.86. The summed E-state index contributed by atoms with van der Waals surface area (Å²) in [7, 11) is 0. The zero-order chi connectivity index (χ0) is 8.39. The van der Waals surface area contributed by atoms with Crippen LogP contribution in [-0.2, 0) is 0 Å². The topological polar surface area (TPSA) is 12.9 Å². The fourth-order valence-corrected chi connectivity index (χ4v) is 3.69. The van der Waals surface area contributed by atoms with Gasteiger partial charge in [0.25, 0.3) is 0 Å². The monoisotopic (exact) mass is 233 g/mol. The van der Waals surface area contributed by atoms with E-state index in [0.717, 1.165) is 4.34 Å². The number of rotatable bonds is 2. The highest BCUT2D eigenvalue weighted by Gasteiger charge is 2.02. The molecule has 0 saturated heterocycles. The largest absolute Gasteiger partial charge is 0.218 e. The summed E-state index contributed by atoms with van der Waals surface area (Å²) in [6, 6.07) is 4.10. The van der Waals surface area contributed by atoms with Gasteiger partial charge in [0.2, 0.25) is 0 Å². The van der Waals surface area contributed by atoms with E-state index < -0.39 is 0 Å². The third-order valence-corrected chi connectivity index (χ3v) is 4.44. The fraction of sp³-hybridized carbons (Fsp3) is 0. The van der Waals surface area contributed by atoms with Crippen LogP contribution in [-0.4, -0.2) is 4.98 Å². The molecule has 0 atom stereocenters. The van der Waals surface area contributed by atoms with Gasteiger partial charge in [-0.2, -0.15) is 0 Å². The number of nitrogens with zero attached hydrogens (tertiary/aromatic N) is 1. The molecule has 0 aliphatic rings. The lowest BCUT2D eigenvalue weighted by Crippen LogP contribution is -1.64. The van der Waals surface area contributed by atoms with Crippen LogP contribution in [0.1, 0.15) is 0 Å². The molecule has 0 fully saturated rings. The lowest BCUT2D eigenvalue weighted by Gasteiger charge is -1.88. The molecule has 0 N–H and O–H groups in total. The third-order valence-electron chi connectivity index (χ3n) is 1.14. The van der Waals surface area contributed by atoms with Gasteiger partial charge in [-0.1, -0.05) is 17.7 Å². The van der Waals surface area contributed by atoms with Crippen molar-refractivity contribution in [1.82, 2.24) is 4.98 Å². The first-order valence-corrected chi connectivity index (χ1v) is 6.12. The molecule has 2 heterocycles. The lowest BCUT2D eigenvalue weighted by atomic mass is 10.7. The summed E-state index contributed by atoms with van der Waals surface area (Å²) < 4.78 is 2.25. The summed E-state index contributed by atoms with van der Waals surface area (Å²) in [5, 5.41) is 4.48. The molecule has 5 heteroatoms. The Labute approximate surface area is 87.4 Å². The molecule has 0 aliphatic carbocycles. The maximum Gasteiger partial charge on any atom is 0.157 e. The second-order valence-corrected chi connectivity index (χ2v) is 5.71. The van der Waals surface area contributed by atoms with Gasteiger partial charge < -0.3 is 0 Å². The van der Waals surface area contributed by atoms with E-state index in [1.807, 2.05) is 11.4 Å². The molecule has 0 unspecified atom stereocenters. The van der Waals surface area contributed by atoms with Crippen molar-refractivity contribution in [3.05, 3.63) is 28.0 Å². The second-order valence-electron chi connectivity index (χ2n) is 1.97. The first-order valence-electron chi connectivity index (χ1n) is 3.17. The first-order chi connectivity index (χ1) is 5.84. The molecule has 62 valence electrons. The maximum absolute atomic E-state index is 5.69. The predicted octanol–water partition coefficient (Wildman–Crippen LogP) is 4.01. The Hall–Kier alpha value is -0.0300. The molecule has 0 saturated carbocycles. The van der Waals surface area contributed by atoms with E-state index in [2.05, 4.69) is 16.4 Å². The molecular weight excluding hydrogens is 230 g/mol. The Morgan fingerprint density at radius 1 is 1.42 bits per heavy atom. The molecule has 2 aromatic rings. The molecule has 12 heavy (non-hydrogen) atoms. The number of hydrogen-bond acceptors (Lipinski definition) is 4. The summed E-state index contributed by atoms with van der Waals surface area (Å²) in [4.78, 5) is 4.14. The van der Waals surface area contributed by atoms with Gasteiger partial charge in [0.1, 0.15) is 5.15 Å². The summed E-state index contributed by atoms with van der Waals surface area (Å²) >= 11 is 10.6. The average molecular weight is 234 g/mol. The van der Waals surface area contributed by atoms with Crippen LogP contribution in [0.4, 0.5) is 0 Å². The molecule has 1 nitrogen and oxygen atoms in total. The Bertz CT molecular complexity index is 354. The molecule has 0 aromatic carbocycles. The minimum absolute atomic E-state index is 0.582. The van der Waals surface area contributed by atoms with Crippen LogP contribution in [0.25, 0.3) is 0 Å². The number of hydrogen-bond donors (Lipinski definition) is 0. The standard InChI is InChI=1S/C7H4ClNS3/c8-5-4-11-7(9-5)12-6-2-1-3-10-6/h1-4H. The van der Waals surface area contributed by atoms with Crippen LogP contribution in [0, 0.1) is 0 Å². The molecule has 0 radical (unpaired) electrons. The van der Waals surface area contributed by atoms with Crippen LogP contribution in [0.2, 0.25) is 5.15 Å². The van der Waals surface area contributed by atoms with Crippen molar-refractivity contribution in [2.45, 2.75) is 8.55 Å². The highest BCUT2D eigenvalue weighted by atomic mass is 35.5. The molecule has 0 aliphatic heterocycles. The SMILES string of the molecule is Clc1csc(Sc2cccs2)n1. The van der Waals surface area contributed by atoms with Crippen molar-refractivity contribution in [3.8, 4) is 0 Å². The Balaban J connectivity index is 2.14. The van der Waals surface area contributed by atoms with Gasteiger partial charge in [0.05, 0.1) is 4.21 Å². The molecule has 0 bridgehead atoms. The van der Waals surface area contributed by atoms with Crippen molar-refractivity contribution >= 4 is 46.0 Å². The van der Waals surface area contributed by atoms with Gasteiger partial charge in [0, 0.05) is 5.38 Å². The van der Waals surface area contributed by atoms with Crippen molar-refractivity contribution in [2.24, 2.45) is 0 Å². The number of halogens is 1. The summed E-state index contributed by atoms with van der Waals surface area (Å²) in [5.74, 6) is 0. The Kier molecular flexibility index (Phi) is 2.70. The minimum Gasteiger partial charge on any atom is -0.218 e. The van der Waals surface area contributed by atoms with E-state index in [4.69, 9.17) is 11.6 Å². The minimum atomic E-state index is 0.582. The zero-order valence-corrected chi connectivity index (χ0v) is 9.06. The van der Waals surface area contributed by atoms with Gasteiger partial charge in [-0.25, -0.2) is 4.98 Å². The molecule has 0 amide bonds. The second kappa shape index (κ2) is 3.79. The highest BCUT2D eigenvalue weighted by Crippen LogP contribution is 2.33. The summed E-state index contributed by atoms with van der Waals surface area (Å²) in [6.45, 7) is 0. The van der Waals surface area contributed by atoms with Crippen LogP contribution in [0.3, 0.4) is 0 Å². The average Bonchev–Trinajstić information content (AvgIpc) is 2.63. The van der Waals surface area contributed by atoms with E-state index >= 15 is 0 Å². The maximum atomic E-state index is 5.69. The number of aromatic nitrogens is 1. The molecule has 0 spiro atoms. The van der Waals surface area contributed by atoms with Gasteiger partial charge in [-0.05, 0) is 23.2 Å². The smallest absolute Gasteiger partial charge is 0.157 e. The predicted molar refractivity (Wildman–Crippen MR) is 55.6 cm³/mol. The Morgan fingerprint density at radius 2 is 2.33 bits per heavy atom. The third kappa shape index (κ3) is 2.01. The molecular formula is C7H4ClNS3. The van der Waals surface area contributed by atoms with E-state index in [9.17, 15) is 0 Å². The molecule has 2 rings (SSSR count). The van der Waals surface area contributed by atoms with Crippen molar-refractivity contribution in [1.29, 1.82) is 0 Å². The van der Waals surface area contributed by atoms with Gasteiger partial charge in [0.15, 0.2) is 4.34 Å². The van der Waals surface area contributed by atoms with E-state index in [1.54, 1.807) is 34.4 Å². The normalized spacial score (nSPS) is 10.4. The van der Waals surface area contributed by atoms with Gasteiger partial charge >= 0.3 is 0 Å². The van der Waals surface area contributed by atoms with E-state index in [0.29, 0.717) is 5.15 Å². The fourth-order valence-electron chi connectivity index (χ4n) is 0.693. The molecule has 2 aromatic heterocycles. The quantitative estimate of drug-likeness (QED) is 0.778. The van der Waals surface area contributed by atoms with Crippen LogP contribution < -0.4 is 0 Å². The van der Waals surface area contributed by atoms with Crippen molar-refractivity contribution in [2.75, 3.05) is 0 Å². The van der Waals surface area contributed by atoms with Gasteiger partial charge in [-0.15, -0.1) is 22.7 Å². The van der Waals surface area contributed by atoms with Crippen molar-refractivity contribution in [3.63, 3.8) is 0 Å². The van der Waals surface area contributed by atoms with E-state index in [-0.39, 0.29) is 0 Å². The Morgan fingerprint density at radius 3 is 2.92 bits per heavy atom.